The molecule has 1 aromatic rings. The van der Waals surface area contributed by atoms with E-state index in [0.717, 1.165) is 12.5 Å². The number of nitrogens with zero attached hydrogens (tertiary/aromatic N) is 1. The summed E-state index contributed by atoms with van der Waals surface area (Å²) in [6.45, 7) is 12.2. The molecule has 0 atom stereocenters. The molecule has 1 N–H and O–H groups in total. The summed E-state index contributed by atoms with van der Waals surface area (Å²) in [4.78, 5) is 2.51. The topological polar surface area (TPSA) is 15.3 Å². The number of halogens is 1. The van der Waals surface area contributed by atoms with Crippen LogP contribution in [0.3, 0.4) is 0 Å². The zero-order valence-corrected chi connectivity index (χ0v) is 14.8. The predicted molar refractivity (Wildman–Crippen MR) is 91.3 cm³/mol. The SMILES string of the molecule is CC1CCN(c2ccc(CNC(C)(C)C)cc2Br)CC1. The van der Waals surface area contributed by atoms with E-state index in [0.29, 0.717) is 0 Å². The maximum Gasteiger partial charge on any atom is 0.0510 e. The van der Waals surface area contributed by atoms with Crippen molar-refractivity contribution in [2.75, 3.05) is 18.0 Å². The lowest BCUT2D eigenvalue weighted by molar-refractivity contribution is 0.424. The van der Waals surface area contributed by atoms with Gasteiger partial charge in [-0.05, 0) is 73.2 Å². The van der Waals surface area contributed by atoms with E-state index in [2.05, 4.69) is 72.0 Å². The van der Waals surface area contributed by atoms with E-state index >= 15 is 0 Å². The molecule has 1 aromatic carbocycles. The van der Waals surface area contributed by atoms with Crippen LogP contribution in [0.5, 0.6) is 0 Å². The van der Waals surface area contributed by atoms with Crippen LogP contribution in [-0.2, 0) is 6.54 Å². The first-order valence-corrected chi connectivity index (χ1v) is 8.43. The molecule has 0 unspecified atom stereocenters. The summed E-state index contributed by atoms with van der Waals surface area (Å²) < 4.78 is 1.22. The van der Waals surface area contributed by atoms with Gasteiger partial charge in [-0.2, -0.15) is 0 Å². The lowest BCUT2D eigenvalue weighted by Gasteiger charge is -2.33. The highest BCUT2D eigenvalue weighted by atomic mass is 79.9. The molecular formula is C17H27BrN2. The van der Waals surface area contributed by atoms with Crippen molar-refractivity contribution in [1.82, 2.24) is 5.32 Å². The Bertz CT molecular complexity index is 443. The minimum absolute atomic E-state index is 0.161. The Morgan fingerprint density at radius 2 is 1.90 bits per heavy atom. The zero-order chi connectivity index (χ0) is 14.8. The summed E-state index contributed by atoms with van der Waals surface area (Å²) in [6.07, 6.45) is 2.61. The highest BCUT2D eigenvalue weighted by Gasteiger charge is 2.18. The van der Waals surface area contributed by atoms with Gasteiger partial charge in [-0.1, -0.05) is 13.0 Å². The van der Waals surface area contributed by atoms with Crippen LogP contribution in [0, 0.1) is 5.92 Å². The molecule has 0 spiro atoms. The van der Waals surface area contributed by atoms with Crippen LogP contribution >= 0.6 is 15.9 Å². The second-order valence-corrected chi connectivity index (χ2v) is 7.91. The summed E-state index contributed by atoms with van der Waals surface area (Å²) in [5.41, 5.74) is 2.84. The van der Waals surface area contributed by atoms with E-state index in [9.17, 15) is 0 Å². The van der Waals surface area contributed by atoms with Crippen LogP contribution in [0.15, 0.2) is 22.7 Å². The summed E-state index contributed by atoms with van der Waals surface area (Å²) >= 11 is 3.75. The Morgan fingerprint density at radius 3 is 2.45 bits per heavy atom. The molecule has 0 bridgehead atoms. The van der Waals surface area contributed by atoms with Crippen molar-refractivity contribution in [3.05, 3.63) is 28.2 Å². The lowest BCUT2D eigenvalue weighted by atomic mass is 9.98. The second-order valence-electron chi connectivity index (χ2n) is 7.06. The normalized spacial score (nSPS) is 17.6. The first-order valence-electron chi connectivity index (χ1n) is 7.63. The summed E-state index contributed by atoms with van der Waals surface area (Å²) in [7, 11) is 0. The molecule has 0 aliphatic carbocycles. The van der Waals surface area contributed by atoms with Crippen LogP contribution in [0.4, 0.5) is 5.69 Å². The molecular weight excluding hydrogens is 312 g/mol. The number of anilines is 1. The minimum atomic E-state index is 0.161. The number of nitrogens with one attached hydrogen (secondary N) is 1. The molecule has 1 saturated heterocycles. The van der Waals surface area contributed by atoms with Gasteiger partial charge in [-0.3, -0.25) is 0 Å². The first-order chi connectivity index (χ1) is 9.35. The van der Waals surface area contributed by atoms with Crippen molar-refractivity contribution in [2.45, 2.75) is 52.6 Å². The summed E-state index contributed by atoms with van der Waals surface area (Å²) in [5.74, 6) is 0.875. The van der Waals surface area contributed by atoms with Gasteiger partial charge in [0.05, 0.1) is 5.69 Å². The van der Waals surface area contributed by atoms with Crippen LogP contribution in [0.1, 0.15) is 46.1 Å². The predicted octanol–water partition coefficient (Wildman–Crippen LogP) is 4.57. The Kier molecular flexibility index (Phi) is 5.14. The van der Waals surface area contributed by atoms with Crippen molar-refractivity contribution in [2.24, 2.45) is 5.92 Å². The quantitative estimate of drug-likeness (QED) is 0.868. The maximum atomic E-state index is 3.75. The first kappa shape index (κ1) is 15.8. The minimum Gasteiger partial charge on any atom is -0.371 e. The average Bonchev–Trinajstić information content (AvgIpc) is 2.37. The summed E-state index contributed by atoms with van der Waals surface area (Å²) in [6, 6.07) is 6.77. The van der Waals surface area contributed by atoms with Gasteiger partial charge in [-0.15, -0.1) is 0 Å². The highest BCUT2D eigenvalue weighted by molar-refractivity contribution is 9.10. The van der Waals surface area contributed by atoms with Crippen LogP contribution in [0.2, 0.25) is 0 Å². The Balaban J connectivity index is 2.02. The van der Waals surface area contributed by atoms with Crippen molar-refractivity contribution < 1.29 is 0 Å². The highest BCUT2D eigenvalue weighted by Crippen LogP contribution is 2.30. The van der Waals surface area contributed by atoms with Gasteiger partial charge >= 0.3 is 0 Å². The maximum absolute atomic E-state index is 3.75. The third-order valence-corrected chi connectivity index (χ3v) is 4.59. The molecule has 112 valence electrons. The molecule has 1 heterocycles. The number of hydrogen-bond acceptors (Lipinski definition) is 2. The molecule has 1 aliphatic rings. The number of rotatable bonds is 3. The molecule has 0 amide bonds. The molecule has 2 rings (SSSR count). The van der Waals surface area contributed by atoms with Gasteiger partial charge in [-0.25, -0.2) is 0 Å². The Hall–Kier alpha value is -0.540. The molecule has 0 aromatic heterocycles. The molecule has 0 saturated carbocycles. The van der Waals surface area contributed by atoms with Gasteiger partial charge in [0.15, 0.2) is 0 Å². The van der Waals surface area contributed by atoms with E-state index in [1.165, 1.54) is 41.7 Å². The van der Waals surface area contributed by atoms with Gasteiger partial charge in [0.25, 0.3) is 0 Å². The Labute approximate surface area is 132 Å². The zero-order valence-electron chi connectivity index (χ0n) is 13.2. The van der Waals surface area contributed by atoms with E-state index in [-0.39, 0.29) is 5.54 Å². The fourth-order valence-electron chi connectivity index (χ4n) is 2.53. The van der Waals surface area contributed by atoms with Crippen LogP contribution in [0.25, 0.3) is 0 Å². The molecule has 1 aliphatic heterocycles. The van der Waals surface area contributed by atoms with Crippen molar-refractivity contribution >= 4 is 21.6 Å². The largest absolute Gasteiger partial charge is 0.371 e. The smallest absolute Gasteiger partial charge is 0.0510 e. The Morgan fingerprint density at radius 1 is 1.25 bits per heavy atom. The van der Waals surface area contributed by atoms with Crippen LogP contribution in [-0.4, -0.2) is 18.6 Å². The molecule has 1 fully saturated rings. The fraction of sp³-hybridized carbons (Fsp3) is 0.647. The molecule has 2 nitrogen and oxygen atoms in total. The second kappa shape index (κ2) is 6.48. The van der Waals surface area contributed by atoms with Crippen molar-refractivity contribution in [3.63, 3.8) is 0 Å². The van der Waals surface area contributed by atoms with E-state index < -0.39 is 0 Å². The number of benzene rings is 1. The molecule has 0 radical (unpaired) electrons. The van der Waals surface area contributed by atoms with E-state index in [1.54, 1.807) is 0 Å². The fourth-order valence-corrected chi connectivity index (χ4v) is 3.21. The average molecular weight is 339 g/mol. The summed E-state index contributed by atoms with van der Waals surface area (Å²) in [5, 5.41) is 3.54. The molecule has 20 heavy (non-hydrogen) atoms. The van der Waals surface area contributed by atoms with Crippen molar-refractivity contribution in [1.29, 1.82) is 0 Å². The van der Waals surface area contributed by atoms with Crippen LogP contribution < -0.4 is 10.2 Å². The standard InChI is InChI=1S/C17H27BrN2/c1-13-7-9-20(10-8-13)16-6-5-14(11-15(16)18)12-19-17(2,3)4/h5-6,11,13,19H,7-10,12H2,1-4H3. The lowest BCUT2D eigenvalue weighted by Crippen LogP contribution is -2.35. The number of hydrogen-bond donors (Lipinski definition) is 1. The van der Waals surface area contributed by atoms with Crippen molar-refractivity contribution in [3.8, 4) is 0 Å². The van der Waals surface area contributed by atoms with Gasteiger partial charge in [0, 0.05) is 29.6 Å². The van der Waals surface area contributed by atoms with E-state index in [4.69, 9.17) is 0 Å². The monoisotopic (exact) mass is 338 g/mol. The van der Waals surface area contributed by atoms with Gasteiger partial charge in [0.2, 0.25) is 0 Å². The molecule has 3 heteroatoms. The number of piperidine rings is 1. The van der Waals surface area contributed by atoms with Gasteiger partial charge in [0.1, 0.15) is 0 Å². The third kappa shape index (κ3) is 4.49. The van der Waals surface area contributed by atoms with Gasteiger partial charge < -0.3 is 10.2 Å². The van der Waals surface area contributed by atoms with E-state index in [1.807, 2.05) is 0 Å². The third-order valence-electron chi connectivity index (χ3n) is 3.96.